The summed E-state index contributed by atoms with van der Waals surface area (Å²) in [5, 5.41) is 11.0. The highest BCUT2D eigenvalue weighted by Crippen LogP contribution is 2.31. The number of aryl methyl sites for hydroxylation is 1. The summed E-state index contributed by atoms with van der Waals surface area (Å²) in [6.07, 6.45) is -4.80. The normalized spacial score (nSPS) is 11.5. The van der Waals surface area contributed by atoms with E-state index in [0.29, 0.717) is 0 Å². The molecule has 0 aliphatic heterocycles. The number of nitrogens with zero attached hydrogens (tertiary/aromatic N) is 3. The highest BCUT2D eigenvalue weighted by atomic mass is 19.4. The van der Waals surface area contributed by atoms with Crippen molar-refractivity contribution < 1.29 is 37.3 Å². The topological polar surface area (TPSA) is 115 Å². The van der Waals surface area contributed by atoms with Gasteiger partial charge in [-0.05, 0) is 6.92 Å². The number of hydrogen-bond donors (Lipinski definition) is 0. The molecule has 170 valence electrons. The van der Waals surface area contributed by atoms with Crippen molar-refractivity contribution >= 4 is 22.8 Å². The Labute approximate surface area is 178 Å². The van der Waals surface area contributed by atoms with Crippen LogP contribution < -0.4 is 20.1 Å². The number of carboxylic acid groups (broad SMARTS) is 1. The number of carboxylic acids is 1. The van der Waals surface area contributed by atoms with Gasteiger partial charge in [-0.25, -0.2) is 0 Å². The zero-order valence-corrected chi connectivity index (χ0v) is 16.9. The Morgan fingerprint density at radius 3 is 2.38 bits per heavy atom. The van der Waals surface area contributed by atoms with Crippen LogP contribution in [-0.2, 0) is 13.6 Å². The number of ether oxygens (including phenoxy) is 2. The summed E-state index contributed by atoms with van der Waals surface area (Å²) in [5.41, 5.74) is -1.82. The van der Waals surface area contributed by atoms with Crippen LogP contribution in [0.1, 0.15) is 27.8 Å². The van der Waals surface area contributed by atoms with Crippen LogP contribution in [0.25, 0.3) is 11.0 Å². The minimum Gasteiger partial charge on any atom is -0.543 e. The molecule has 0 N–H and O–H groups in total. The lowest BCUT2D eigenvalue weighted by atomic mass is 10.1. The number of rotatable bonds is 8. The van der Waals surface area contributed by atoms with Crippen LogP contribution in [0.5, 0.6) is 11.8 Å². The molecule has 2 heterocycles. The number of halogens is 3. The van der Waals surface area contributed by atoms with E-state index in [2.05, 4.69) is 9.72 Å². The van der Waals surface area contributed by atoms with E-state index < -0.39 is 53.5 Å². The Kier molecular flexibility index (Phi) is 6.23. The van der Waals surface area contributed by atoms with Crippen molar-refractivity contribution in [3.8, 4) is 11.8 Å². The maximum atomic E-state index is 13.2. The third-order valence-corrected chi connectivity index (χ3v) is 4.45. The van der Waals surface area contributed by atoms with Crippen molar-refractivity contribution in [2.75, 3.05) is 13.2 Å². The van der Waals surface area contributed by atoms with Crippen LogP contribution in [0, 0.1) is 0 Å². The van der Waals surface area contributed by atoms with Crippen molar-refractivity contribution in [2.45, 2.75) is 19.6 Å². The summed E-state index contributed by atoms with van der Waals surface area (Å²) in [5.74, 6) is -3.21. The molecule has 0 aliphatic rings. The Morgan fingerprint density at radius 2 is 1.81 bits per heavy atom. The van der Waals surface area contributed by atoms with Gasteiger partial charge in [-0.3, -0.25) is 14.2 Å². The zero-order chi connectivity index (χ0) is 23.6. The number of benzene rings is 1. The second-order valence-electron chi connectivity index (χ2n) is 6.63. The monoisotopic (exact) mass is 452 g/mol. The Morgan fingerprint density at radius 1 is 1.16 bits per heavy atom. The third kappa shape index (κ3) is 4.43. The number of alkyl halides is 3. The van der Waals surface area contributed by atoms with Gasteiger partial charge in [-0.1, -0.05) is 30.3 Å². The maximum Gasteiger partial charge on any atom is 0.422 e. The lowest BCUT2D eigenvalue weighted by Gasteiger charge is -2.13. The zero-order valence-electron chi connectivity index (χ0n) is 16.9. The first-order valence-corrected chi connectivity index (χ1v) is 9.30. The molecule has 12 heteroatoms. The maximum absolute atomic E-state index is 13.2. The second kappa shape index (κ2) is 8.73. The molecular weight excluding hydrogens is 435 g/mol. The molecule has 0 unspecified atom stereocenters. The fourth-order valence-electron chi connectivity index (χ4n) is 3.10. The summed E-state index contributed by atoms with van der Waals surface area (Å²) >= 11 is 0. The predicted octanol–water partition coefficient (Wildman–Crippen LogP) is 1.32. The molecule has 0 amide bonds. The fourth-order valence-corrected chi connectivity index (χ4v) is 3.10. The van der Waals surface area contributed by atoms with Gasteiger partial charge in [0, 0.05) is 12.6 Å². The number of aromatic carboxylic acids is 1. The van der Waals surface area contributed by atoms with E-state index >= 15 is 0 Å². The van der Waals surface area contributed by atoms with Crippen molar-refractivity contribution in [2.24, 2.45) is 7.05 Å². The highest BCUT2D eigenvalue weighted by molar-refractivity contribution is 5.99. The second-order valence-corrected chi connectivity index (χ2v) is 6.63. The van der Waals surface area contributed by atoms with E-state index in [1.165, 1.54) is 19.2 Å². The number of hydrogen-bond acceptors (Lipinski definition) is 7. The van der Waals surface area contributed by atoms with Gasteiger partial charge in [-0.15, -0.1) is 0 Å². The van der Waals surface area contributed by atoms with E-state index in [1.54, 1.807) is 25.1 Å². The first-order valence-electron chi connectivity index (χ1n) is 9.30. The molecule has 0 saturated carbocycles. The highest BCUT2D eigenvalue weighted by Gasteiger charge is 2.32. The van der Waals surface area contributed by atoms with E-state index in [1.807, 2.05) is 0 Å². The summed E-state index contributed by atoms with van der Waals surface area (Å²) in [7, 11) is 1.18. The van der Waals surface area contributed by atoms with Crippen molar-refractivity contribution in [1.29, 1.82) is 0 Å². The molecule has 0 atom stereocenters. The lowest BCUT2D eigenvalue weighted by Crippen LogP contribution is -2.28. The van der Waals surface area contributed by atoms with Gasteiger partial charge in [0.25, 0.3) is 5.56 Å². The van der Waals surface area contributed by atoms with Gasteiger partial charge >= 0.3 is 12.2 Å². The Bertz CT molecular complexity index is 1230. The molecule has 3 rings (SSSR count). The van der Waals surface area contributed by atoms with E-state index in [-0.39, 0.29) is 23.8 Å². The first kappa shape index (κ1) is 22.8. The molecule has 0 aliphatic carbocycles. The Hall–Kier alpha value is -3.83. The van der Waals surface area contributed by atoms with Gasteiger partial charge in [0.05, 0.1) is 19.1 Å². The van der Waals surface area contributed by atoms with Crippen LogP contribution in [-0.4, -0.2) is 45.3 Å². The molecule has 9 nitrogen and oxygen atoms in total. The standard InChI is InChI=1S/C20H18F3N3O6/c1-3-31-19-24-16-13(15(32-10-20(21,22)23)14(18(29)30)25(16)2)17(28)26(19)9-12(27)11-7-5-4-6-8-11/h4-8H,3,9-10H2,1-2H3,(H,29,30)/p-1. The molecule has 0 fully saturated rings. The number of ketones is 1. The number of Topliss-reactive ketones (excluding diaryl/α,β-unsaturated/α-hetero) is 1. The number of aromatic nitrogens is 3. The van der Waals surface area contributed by atoms with Crippen molar-refractivity contribution in [1.82, 2.24) is 14.1 Å². The molecule has 0 spiro atoms. The number of carbonyl (C=O) groups is 2. The number of fused-ring (bicyclic) bond motifs is 1. The molecule has 1 aromatic carbocycles. The summed E-state index contributed by atoms with van der Waals surface area (Å²) in [4.78, 5) is 41.5. The van der Waals surface area contributed by atoms with Gasteiger partial charge < -0.3 is 23.9 Å². The SMILES string of the molecule is CCOc1nc2c(c(OCC(F)(F)F)c(C(=O)[O-])n2C)c(=O)n1CC(=O)c1ccccc1. The third-order valence-electron chi connectivity index (χ3n) is 4.45. The van der Waals surface area contributed by atoms with Gasteiger partial charge in [0.15, 0.2) is 23.8 Å². The predicted molar refractivity (Wildman–Crippen MR) is 103 cm³/mol. The molecule has 0 radical (unpaired) electrons. The minimum atomic E-state index is -4.80. The van der Waals surface area contributed by atoms with Crippen LogP contribution in [0.15, 0.2) is 35.1 Å². The molecule has 0 bridgehead atoms. The summed E-state index contributed by atoms with van der Waals surface area (Å²) < 4.78 is 49.9. The fraction of sp³-hybridized carbons (Fsp3) is 0.300. The molecule has 32 heavy (non-hydrogen) atoms. The molecule has 0 saturated heterocycles. The largest absolute Gasteiger partial charge is 0.543 e. The van der Waals surface area contributed by atoms with Crippen LogP contribution in [0.4, 0.5) is 13.2 Å². The lowest BCUT2D eigenvalue weighted by molar-refractivity contribution is -0.256. The Balaban J connectivity index is 2.24. The summed E-state index contributed by atoms with van der Waals surface area (Å²) in [6, 6.07) is 7.67. The average Bonchev–Trinajstić information content (AvgIpc) is 3.01. The van der Waals surface area contributed by atoms with Crippen molar-refractivity contribution in [3.63, 3.8) is 0 Å². The van der Waals surface area contributed by atoms with Crippen LogP contribution >= 0.6 is 0 Å². The summed E-state index contributed by atoms with van der Waals surface area (Å²) in [6.45, 7) is -0.751. The van der Waals surface area contributed by atoms with E-state index in [4.69, 9.17) is 4.74 Å². The van der Waals surface area contributed by atoms with Crippen molar-refractivity contribution in [3.05, 3.63) is 51.9 Å². The van der Waals surface area contributed by atoms with Gasteiger partial charge in [0.2, 0.25) is 0 Å². The van der Waals surface area contributed by atoms with Crippen LogP contribution in [0.2, 0.25) is 0 Å². The molecule has 3 aromatic rings. The quantitative estimate of drug-likeness (QED) is 0.474. The van der Waals surface area contributed by atoms with Gasteiger partial charge in [-0.2, -0.15) is 18.2 Å². The smallest absolute Gasteiger partial charge is 0.422 e. The van der Waals surface area contributed by atoms with E-state index in [0.717, 1.165) is 9.13 Å². The van der Waals surface area contributed by atoms with Gasteiger partial charge in [0.1, 0.15) is 11.1 Å². The average molecular weight is 452 g/mol. The van der Waals surface area contributed by atoms with E-state index in [9.17, 15) is 32.7 Å². The minimum absolute atomic E-state index is 0.0483. The molecular formula is C20H17F3N3O6-. The van der Waals surface area contributed by atoms with Crippen LogP contribution in [0.3, 0.4) is 0 Å². The molecule has 2 aromatic heterocycles. The number of carbonyl (C=O) groups excluding carboxylic acids is 2. The first-order chi connectivity index (χ1) is 15.0.